The lowest BCUT2D eigenvalue weighted by atomic mass is 10.0. The molecule has 3 nitrogen and oxygen atoms in total. The van der Waals surface area contributed by atoms with Crippen LogP contribution in [0.15, 0.2) is 42.5 Å². The molecule has 1 atom stereocenters. The highest BCUT2D eigenvalue weighted by Crippen LogP contribution is 2.19. The molecule has 0 fully saturated rings. The molecule has 0 heterocycles. The first kappa shape index (κ1) is 13.0. The van der Waals surface area contributed by atoms with Gasteiger partial charge in [-0.1, -0.05) is 36.4 Å². The van der Waals surface area contributed by atoms with Crippen LogP contribution in [0.25, 0.3) is 10.8 Å². The fourth-order valence-corrected chi connectivity index (χ4v) is 1.98. The van der Waals surface area contributed by atoms with E-state index in [2.05, 4.69) is 11.4 Å². The molecule has 0 aromatic heterocycles. The predicted molar refractivity (Wildman–Crippen MR) is 73.5 cm³/mol. The molecule has 0 saturated carbocycles. The Morgan fingerprint density at radius 3 is 2.61 bits per heavy atom. The van der Waals surface area contributed by atoms with Gasteiger partial charge in [0.2, 0.25) is 0 Å². The number of fused-ring (bicyclic) bond motifs is 1. The zero-order chi connectivity index (χ0) is 12.8. The summed E-state index contributed by atoms with van der Waals surface area (Å²) in [6, 6.07) is 14.1. The van der Waals surface area contributed by atoms with E-state index in [9.17, 15) is 5.11 Å². The van der Waals surface area contributed by atoms with Crippen molar-refractivity contribution < 1.29 is 10.2 Å². The van der Waals surface area contributed by atoms with E-state index < -0.39 is 6.10 Å². The molecule has 3 N–H and O–H groups in total. The monoisotopic (exact) mass is 245 g/mol. The first-order valence-corrected chi connectivity index (χ1v) is 6.29. The summed E-state index contributed by atoms with van der Waals surface area (Å²) in [5.74, 6) is 0. The third kappa shape index (κ3) is 3.29. The summed E-state index contributed by atoms with van der Waals surface area (Å²) in [6.07, 6.45) is 0.207. The maximum atomic E-state index is 10.1. The van der Waals surface area contributed by atoms with Crippen molar-refractivity contribution in [2.24, 2.45) is 0 Å². The second-order valence-electron chi connectivity index (χ2n) is 4.40. The SMILES string of the molecule is OCCCNCC(O)c1ccc2ccccc2c1. The number of aliphatic hydroxyl groups is 2. The van der Waals surface area contributed by atoms with Crippen LogP contribution < -0.4 is 5.32 Å². The molecular weight excluding hydrogens is 226 g/mol. The van der Waals surface area contributed by atoms with Crippen LogP contribution in [0, 0.1) is 0 Å². The van der Waals surface area contributed by atoms with Gasteiger partial charge in [0.05, 0.1) is 6.10 Å². The van der Waals surface area contributed by atoms with Crippen molar-refractivity contribution in [2.45, 2.75) is 12.5 Å². The number of hydrogen-bond acceptors (Lipinski definition) is 3. The van der Waals surface area contributed by atoms with Crippen LogP contribution in [-0.4, -0.2) is 29.9 Å². The molecule has 18 heavy (non-hydrogen) atoms. The molecule has 96 valence electrons. The highest BCUT2D eigenvalue weighted by molar-refractivity contribution is 5.83. The Kier molecular flexibility index (Phi) is 4.70. The second kappa shape index (κ2) is 6.50. The van der Waals surface area contributed by atoms with Crippen LogP contribution in [0.2, 0.25) is 0 Å². The molecule has 2 aromatic rings. The number of nitrogens with one attached hydrogen (secondary N) is 1. The smallest absolute Gasteiger partial charge is 0.0914 e. The number of aliphatic hydroxyl groups excluding tert-OH is 2. The zero-order valence-electron chi connectivity index (χ0n) is 10.3. The Morgan fingerprint density at radius 1 is 1.06 bits per heavy atom. The zero-order valence-corrected chi connectivity index (χ0v) is 10.3. The van der Waals surface area contributed by atoms with Crippen molar-refractivity contribution in [3.05, 3.63) is 48.0 Å². The average molecular weight is 245 g/mol. The van der Waals surface area contributed by atoms with Gasteiger partial charge in [0.25, 0.3) is 0 Å². The van der Waals surface area contributed by atoms with Crippen molar-refractivity contribution in [1.29, 1.82) is 0 Å². The van der Waals surface area contributed by atoms with E-state index in [-0.39, 0.29) is 6.61 Å². The highest BCUT2D eigenvalue weighted by Gasteiger charge is 2.07. The Balaban J connectivity index is 2.01. The maximum Gasteiger partial charge on any atom is 0.0914 e. The topological polar surface area (TPSA) is 52.5 Å². The molecule has 0 radical (unpaired) electrons. The van der Waals surface area contributed by atoms with Crippen LogP contribution >= 0.6 is 0 Å². The molecule has 0 bridgehead atoms. The van der Waals surface area contributed by atoms with E-state index >= 15 is 0 Å². The summed E-state index contributed by atoms with van der Waals surface area (Å²) in [6.45, 7) is 1.42. The normalized spacial score (nSPS) is 12.8. The fourth-order valence-electron chi connectivity index (χ4n) is 1.98. The Labute approximate surface area is 107 Å². The van der Waals surface area contributed by atoms with Gasteiger partial charge in [-0.05, 0) is 35.4 Å². The highest BCUT2D eigenvalue weighted by atomic mass is 16.3. The summed E-state index contributed by atoms with van der Waals surface area (Å²) in [7, 11) is 0. The van der Waals surface area contributed by atoms with Gasteiger partial charge in [0.1, 0.15) is 0 Å². The van der Waals surface area contributed by atoms with E-state index in [4.69, 9.17) is 5.11 Å². The van der Waals surface area contributed by atoms with Gasteiger partial charge in [0.15, 0.2) is 0 Å². The summed E-state index contributed by atoms with van der Waals surface area (Å²) >= 11 is 0. The number of rotatable bonds is 6. The van der Waals surface area contributed by atoms with E-state index in [0.29, 0.717) is 13.0 Å². The quantitative estimate of drug-likeness (QED) is 0.681. The molecule has 0 aliphatic heterocycles. The van der Waals surface area contributed by atoms with Gasteiger partial charge in [-0.3, -0.25) is 0 Å². The molecular formula is C15H19NO2. The van der Waals surface area contributed by atoms with Gasteiger partial charge >= 0.3 is 0 Å². The van der Waals surface area contributed by atoms with Crippen molar-refractivity contribution in [2.75, 3.05) is 19.7 Å². The van der Waals surface area contributed by atoms with Gasteiger partial charge in [0, 0.05) is 13.2 Å². The molecule has 0 amide bonds. The van der Waals surface area contributed by atoms with E-state index in [1.54, 1.807) is 0 Å². The van der Waals surface area contributed by atoms with Crippen LogP contribution in [-0.2, 0) is 0 Å². The minimum atomic E-state index is -0.506. The van der Waals surface area contributed by atoms with E-state index in [1.165, 1.54) is 5.39 Å². The van der Waals surface area contributed by atoms with Gasteiger partial charge < -0.3 is 15.5 Å². The summed E-state index contributed by atoms with van der Waals surface area (Å²) in [5, 5.41) is 24.2. The van der Waals surface area contributed by atoms with Crippen LogP contribution in [0.1, 0.15) is 18.1 Å². The number of benzene rings is 2. The Hall–Kier alpha value is -1.42. The maximum absolute atomic E-state index is 10.1. The Morgan fingerprint density at radius 2 is 1.83 bits per heavy atom. The standard InChI is InChI=1S/C15H19NO2/c17-9-3-8-16-11-15(18)14-7-6-12-4-1-2-5-13(12)10-14/h1-2,4-7,10,15-18H,3,8-9,11H2. The minimum absolute atomic E-state index is 0.180. The lowest BCUT2D eigenvalue weighted by Crippen LogP contribution is -2.23. The third-order valence-corrected chi connectivity index (χ3v) is 3.01. The molecule has 3 heteroatoms. The lowest BCUT2D eigenvalue weighted by molar-refractivity contribution is 0.173. The van der Waals surface area contributed by atoms with Gasteiger partial charge in [-0.25, -0.2) is 0 Å². The van der Waals surface area contributed by atoms with Crippen molar-refractivity contribution in [3.63, 3.8) is 0 Å². The molecule has 0 spiro atoms. The second-order valence-corrected chi connectivity index (χ2v) is 4.40. The van der Waals surface area contributed by atoms with Gasteiger partial charge in [-0.15, -0.1) is 0 Å². The molecule has 1 unspecified atom stereocenters. The molecule has 2 aromatic carbocycles. The lowest BCUT2D eigenvalue weighted by Gasteiger charge is -2.12. The van der Waals surface area contributed by atoms with Crippen LogP contribution in [0.3, 0.4) is 0 Å². The van der Waals surface area contributed by atoms with Gasteiger partial charge in [-0.2, -0.15) is 0 Å². The van der Waals surface area contributed by atoms with Crippen molar-refractivity contribution in [3.8, 4) is 0 Å². The third-order valence-electron chi connectivity index (χ3n) is 3.01. The van der Waals surface area contributed by atoms with E-state index in [1.807, 2.05) is 36.4 Å². The molecule has 2 rings (SSSR count). The summed E-state index contributed by atoms with van der Waals surface area (Å²) in [5.41, 5.74) is 0.921. The first-order chi connectivity index (χ1) is 8.81. The van der Waals surface area contributed by atoms with E-state index in [0.717, 1.165) is 17.5 Å². The van der Waals surface area contributed by atoms with Crippen molar-refractivity contribution >= 4 is 10.8 Å². The summed E-state index contributed by atoms with van der Waals surface area (Å²) in [4.78, 5) is 0. The van der Waals surface area contributed by atoms with Crippen molar-refractivity contribution in [1.82, 2.24) is 5.32 Å². The largest absolute Gasteiger partial charge is 0.396 e. The molecule has 0 aliphatic carbocycles. The number of hydrogen-bond donors (Lipinski definition) is 3. The summed E-state index contributed by atoms with van der Waals surface area (Å²) < 4.78 is 0. The van der Waals surface area contributed by atoms with Crippen LogP contribution in [0.5, 0.6) is 0 Å². The first-order valence-electron chi connectivity index (χ1n) is 6.29. The molecule has 0 aliphatic rings. The minimum Gasteiger partial charge on any atom is -0.396 e. The molecule has 0 saturated heterocycles. The Bertz CT molecular complexity index is 499. The predicted octanol–water partition coefficient (Wildman–Crippen LogP) is 1.85. The van der Waals surface area contributed by atoms with Crippen LogP contribution in [0.4, 0.5) is 0 Å². The fraction of sp³-hybridized carbons (Fsp3) is 0.333. The average Bonchev–Trinajstić information content (AvgIpc) is 2.43.